The van der Waals surface area contributed by atoms with E-state index in [1.807, 2.05) is 20.8 Å². The third-order valence-corrected chi connectivity index (χ3v) is 1.90. The van der Waals surface area contributed by atoms with E-state index >= 15 is 0 Å². The standard InChI is InChI=1S/C9H18FNO/c1-9(2,3)12-11-8-5-4-7(10)6-8/h7-8,11H,4-6H2,1-3H3/t7-,8+/m1/s1. The molecule has 0 saturated heterocycles. The van der Waals surface area contributed by atoms with Crippen molar-refractivity contribution in [2.45, 2.75) is 57.8 Å². The van der Waals surface area contributed by atoms with E-state index < -0.39 is 6.17 Å². The van der Waals surface area contributed by atoms with Gasteiger partial charge in [-0.25, -0.2) is 4.39 Å². The predicted molar refractivity (Wildman–Crippen MR) is 46.5 cm³/mol. The third-order valence-electron chi connectivity index (χ3n) is 1.90. The van der Waals surface area contributed by atoms with Gasteiger partial charge in [0, 0.05) is 6.04 Å². The summed E-state index contributed by atoms with van der Waals surface area (Å²) in [5.41, 5.74) is 2.73. The molecule has 0 aromatic rings. The quantitative estimate of drug-likeness (QED) is 0.650. The molecule has 1 aliphatic rings. The molecule has 1 saturated carbocycles. The number of hydrogen-bond donors (Lipinski definition) is 1. The average Bonchev–Trinajstić information content (AvgIpc) is 2.30. The first-order chi connectivity index (χ1) is 5.47. The highest BCUT2D eigenvalue weighted by molar-refractivity contribution is 4.78. The van der Waals surface area contributed by atoms with Crippen molar-refractivity contribution in [3.63, 3.8) is 0 Å². The van der Waals surface area contributed by atoms with Crippen LogP contribution in [0.4, 0.5) is 4.39 Å². The fourth-order valence-electron chi connectivity index (χ4n) is 1.29. The van der Waals surface area contributed by atoms with Crippen LogP contribution in [0.25, 0.3) is 0 Å². The molecule has 72 valence electrons. The van der Waals surface area contributed by atoms with Crippen molar-refractivity contribution < 1.29 is 9.23 Å². The molecule has 2 atom stereocenters. The van der Waals surface area contributed by atoms with Crippen molar-refractivity contribution in [1.82, 2.24) is 5.48 Å². The Kier molecular flexibility index (Phi) is 3.07. The van der Waals surface area contributed by atoms with Crippen LogP contribution in [0.2, 0.25) is 0 Å². The average molecular weight is 175 g/mol. The van der Waals surface area contributed by atoms with Gasteiger partial charge in [-0.1, -0.05) is 0 Å². The van der Waals surface area contributed by atoms with Gasteiger partial charge in [-0.3, -0.25) is 4.84 Å². The molecule has 12 heavy (non-hydrogen) atoms. The lowest BCUT2D eigenvalue weighted by atomic mass is 10.2. The zero-order valence-electron chi connectivity index (χ0n) is 8.06. The molecule has 1 fully saturated rings. The molecule has 1 N–H and O–H groups in total. The minimum absolute atomic E-state index is 0.186. The van der Waals surface area contributed by atoms with Crippen LogP contribution in [-0.2, 0) is 4.84 Å². The van der Waals surface area contributed by atoms with Gasteiger partial charge >= 0.3 is 0 Å². The van der Waals surface area contributed by atoms with E-state index in [1.54, 1.807) is 0 Å². The molecule has 0 aliphatic heterocycles. The Hall–Kier alpha value is -0.150. The predicted octanol–water partition coefficient (Wildman–Crippen LogP) is 2.20. The Labute approximate surface area is 73.4 Å². The van der Waals surface area contributed by atoms with E-state index in [9.17, 15) is 4.39 Å². The number of alkyl halides is 1. The molecule has 0 aromatic heterocycles. The van der Waals surface area contributed by atoms with Crippen LogP contribution in [0.5, 0.6) is 0 Å². The molecule has 0 amide bonds. The molecule has 2 nitrogen and oxygen atoms in total. The molecule has 1 rings (SSSR count). The van der Waals surface area contributed by atoms with Crippen molar-refractivity contribution in [2.75, 3.05) is 0 Å². The summed E-state index contributed by atoms with van der Waals surface area (Å²) in [4.78, 5) is 5.34. The summed E-state index contributed by atoms with van der Waals surface area (Å²) in [6, 6.07) is 0.208. The fourth-order valence-corrected chi connectivity index (χ4v) is 1.29. The molecule has 0 bridgehead atoms. The normalized spacial score (nSPS) is 31.0. The fraction of sp³-hybridized carbons (Fsp3) is 1.00. The Morgan fingerprint density at radius 1 is 1.33 bits per heavy atom. The summed E-state index contributed by atoms with van der Waals surface area (Å²) in [6.45, 7) is 5.92. The maximum absolute atomic E-state index is 12.7. The van der Waals surface area contributed by atoms with Crippen LogP contribution < -0.4 is 5.48 Å². The smallest absolute Gasteiger partial charge is 0.102 e. The van der Waals surface area contributed by atoms with Gasteiger partial charge in [-0.15, -0.1) is 0 Å². The maximum Gasteiger partial charge on any atom is 0.102 e. The topological polar surface area (TPSA) is 21.3 Å². The number of halogens is 1. The van der Waals surface area contributed by atoms with Crippen molar-refractivity contribution in [3.05, 3.63) is 0 Å². The number of hydroxylamine groups is 1. The first-order valence-electron chi connectivity index (χ1n) is 4.55. The molecule has 3 heteroatoms. The van der Waals surface area contributed by atoms with Crippen LogP contribution in [0.1, 0.15) is 40.0 Å². The monoisotopic (exact) mass is 175 g/mol. The Morgan fingerprint density at radius 2 is 2.00 bits per heavy atom. The van der Waals surface area contributed by atoms with E-state index in [2.05, 4.69) is 5.48 Å². The van der Waals surface area contributed by atoms with Gasteiger partial charge in [0.1, 0.15) is 6.17 Å². The second-order valence-corrected chi connectivity index (χ2v) is 4.44. The molecular formula is C9H18FNO. The lowest BCUT2D eigenvalue weighted by molar-refractivity contribution is -0.0879. The molecular weight excluding hydrogens is 157 g/mol. The van der Waals surface area contributed by atoms with E-state index in [1.165, 1.54) is 0 Å². The summed E-state index contributed by atoms with van der Waals surface area (Å²) in [5.74, 6) is 0. The zero-order chi connectivity index (χ0) is 9.19. The van der Waals surface area contributed by atoms with Crippen molar-refractivity contribution in [2.24, 2.45) is 0 Å². The number of nitrogens with one attached hydrogen (secondary N) is 1. The molecule has 0 heterocycles. The van der Waals surface area contributed by atoms with Gasteiger partial charge in [0.25, 0.3) is 0 Å². The van der Waals surface area contributed by atoms with E-state index in [0.717, 1.165) is 6.42 Å². The van der Waals surface area contributed by atoms with Gasteiger partial charge in [0.05, 0.1) is 5.60 Å². The first kappa shape index (κ1) is 9.93. The van der Waals surface area contributed by atoms with Crippen LogP contribution in [0.15, 0.2) is 0 Å². The zero-order valence-corrected chi connectivity index (χ0v) is 8.06. The lowest BCUT2D eigenvalue weighted by Crippen LogP contribution is -2.35. The SMILES string of the molecule is CC(C)(C)ON[C@H]1CC[C@@H](F)C1. The van der Waals surface area contributed by atoms with Gasteiger partial charge in [0.2, 0.25) is 0 Å². The van der Waals surface area contributed by atoms with Crippen molar-refractivity contribution >= 4 is 0 Å². The highest BCUT2D eigenvalue weighted by Gasteiger charge is 2.25. The summed E-state index contributed by atoms with van der Waals surface area (Å²) in [5, 5.41) is 0. The molecule has 0 aromatic carbocycles. The van der Waals surface area contributed by atoms with Gasteiger partial charge in [-0.2, -0.15) is 5.48 Å². The maximum atomic E-state index is 12.7. The van der Waals surface area contributed by atoms with Crippen LogP contribution in [0, 0.1) is 0 Å². The van der Waals surface area contributed by atoms with Crippen LogP contribution in [-0.4, -0.2) is 17.8 Å². The highest BCUT2D eigenvalue weighted by atomic mass is 19.1. The summed E-state index contributed by atoms with van der Waals surface area (Å²) >= 11 is 0. The van der Waals surface area contributed by atoms with E-state index in [4.69, 9.17) is 4.84 Å². The Balaban J connectivity index is 2.16. The Bertz CT molecular complexity index is 144. The minimum atomic E-state index is -0.633. The van der Waals surface area contributed by atoms with Gasteiger partial charge in [0.15, 0.2) is 0 Å². The van der Waals surface area contributed by atoms with Crippen molar-refractivity contribution in [1.29, 1.82) is 0 Å². The largest absolute Gasteiger partial charge is 0.296 e. The highest BCUT2D eigenvalue weighted by Crippen LogP contribution is 2.22. The second kappa shape index (κ2) is 3.71. The van der Waals surface area contributed by atoms with E-state index in [-0.39, 0.29) is 11.6 Å². The second-order valence-electron chi connectivity index (χ2n) is 4.44. The van der Waals surface area contributed by atoms with Crippen LogP contribution >= 0.6 is 0 Å². The lowest BCUT2D eigenvalue weighted by Gasteiger charge is -2.22. The third kappa shape index (κ3) is 3.50. The molecule has 0 unspecified atom stereocenters. The number of hydrogen-bond acceptors (Lipinski definition) is 2. The molecule has 1 aliphatic carbocycles. The van der Waals surface area contributed by atoms with Gasteiger partial charge < -0.3 is 0 Å². The summed E-state index contributed by atoms with van der Waals surface area (Å²) < 4.78 is 12.7. The summed E-state index contributed by atoms with van der Waals surface area (Å²) in [6.07, 6.45) is 1.52. The summed E-state index contributed by atoms with van der Waals surface area (Å²) in [7, 11) is 0. The minimum Gasteiger partial charge on any atom is -0.296 e. The molecule has 0 spiro atoms. The van der Waals surface area contributed by atoms with Crippen molar-refractivity contribution in [3.8, 4) is 0 Å². The first-order valence-corrected chi connectivity index (χ1v) is 4.55. The Morgan fingerprint density at radius 3 is 2.42 bits per heavy atom. The number of rotatable bonds is 2. The van der Waals surface area contributed by atoms with Gasteiger partial charge in [-0.05, 0) is 40.0 Å². The van der Waals surface area contributed by atoms with Crippen LogP contribution in [0.3, 0.4) is 0 Å². The molecule has 0 radical (unpaired) electrons. The van der Waals surface area contributed by atoms with E-state index in [0.29, 0.717) is 12.8 Å².